The Bertz CT molecular complexity index is 1270. The number of benzene rings is 3. The van der Waals surface area contributed by atoms with Gasteiger partial charge in [0.05, 0.1) is 23.8 Å². The maximum absolute atomic E-state index is 13.5. The Labute approximate surface area is 174 Å². The Kier molecular flexibility index (Phi) is 4.35. The maximum atomic E-state index is 13.5. The number of ketones is 1. The lowest BCUT2D eigenvalue weighted by Crippen LogP contribution is -2.32. The first-order valence-corrected chi connectivity index (χ1v) is 10.2. The molecule has 0 amide bonds. The van der Waals surface area contributed by atoms with Gasteiger partial charge in [-0.25, -0.2) is 4.79 Å². The van der Waals surface area contributed by atoms with Gasteiger partial charge in [0.15, 0.2) is 5.78 Å². The van der Waals surface area contributed by atoms with Gasteiger partial charge in [-0.05, 0) is 30.2 Å². The van der Waals surface area contributed by atoms with Crippen molar-refractivity contribution in [3.05, 3.63) is 94.7 Å². The fourth-order valence-electron chi connectivity index (χ4n) is 4.70. The van der Waals surface area contributed by atoms with Gasteiger partial charge in [0.1, 0.15) is 0 Å². The van der Waals surface area contributed by atoms with Crippen molar-refractivity contribution in [2.24, 2.45) is 10.9 Å². The van der Waals surface area contributed by atoms with E-state index in [-0.39, 0.29) is 12.4 Å². The van der Waals surface area contributed by atoms with Crippen LogP contribution in [0.2, 0.25) is 0 Å². The highest BCUT2D eigenvalue weighted by Crippen LogP contribution is 2.46. The number of aliphatic imine (C=N–C) groups is 1. The molecule has 0 fully saturated rings. The second-order valence-corrected chi connectivity index (χ2v) is 7.69. The van der Waals surface area contributed by atoms with E-state index in [1.165, 1.54) is 0 Å². The summed E-state index contributed by atoms with van der Waals surface area (Å²) in [6, 6.07) is 21.8. The van der Waals surface area contributed by atoms with Crippen LogP contribution >= 0.6 is 0 Å². The van der Waals surface area contributed by atoms with Crippen LogP contribution in [0.25, 0.3) is 10.8 Å². The first-order chi connectivity index (χ1) is 14.6. The Balaban J connectivity index is 1.74. The first kappa shape index (κ1) is 18.5. The number of esters is 1. The second-order valence-electron chi connectivity index (χ2n) is 7.69. The maximum Gasteiger partial charge on any atom is 0.336 e. The van der Waals surface area contributed by atoms with E-state index in [4.69, 9.17) is 9.73 Å². The zero-order valence-electron chi connectivity index (χ0n) is 16.9. The molecule has 0 saturated carbocycles. The molecule has 1 aliphatic heterocycles. The number of hydrogen-bond donors (Lipinski definition) is 0. The lowest BCUT2D eigenvalue weighted by molar-refractivity contribution is -0.139. The van der Waals surface area contributed by atoms with E-state index in [0.29, 0.717) is 16.8 Å². The molecule has 0 N–H and O–H groups in total. The molecule has 0 spiro atoms. The highest BCUT2D eigenvalue weighted by Gasteiger charge is 2.47. The van der Waals surface area contributed by atoms with Crippen molar-refractivity contribution in [1.29, 1.82) is 0 Å². The minimum Gasteiger partial charge on any atom is -0.463 e. The number of ether oxygens (including phenoxy) is 1. The number of allylic oxidation sites excluding steroid dienone is 1. The van der Waals surface area contributed by atoms with Crippen LogP contribution < -0.4 is 0 Å². The third-order valence-electron chi connectivity index (χ3n) is 6.00. The van der Waals surface area contributed by atoms with E-state index in [1.54, 1.807) is 6.92 Å². The monoisotopic (exact) mass is 395 g/mol. The summed E-state index contributed by atoms with van der Waals surface area (Å²) in [4.78, 5) is 31.2. The van der Waals surface area contributed by atoms with E-state index >= 15 is 0 Å². The Hall–Kier alpha value is -3.53. The van der Waals surface area contributed by atoms with Gasteiger partial charge in [-0.1, -0.05) is 66.7 Å². The fourth-order valence-corrected chi connectivity index (χ4v) is 4.70. The highest BCUT2D eigenvalue weighted by atomic mass is 16.5. The Morgan fingerprint density at radius 3 is 2.40 bits per heavy atom. The molecule has 0 bridgehead atoms. The zero-order chi connectivity index (χ0) is 20.8. The number of hydrogen-bond acceptors (Lipinski definition) is 4. The van der Waals surface area contributed by atoms with Crippen LogP contribution in [0.1, 0.15) is 41.3 Å². The summed E-state index contributed by atoms with van der Waals surface area (Å²) < 4.78 is 5.37. The van der Waals surface area contributed by atoms with Crippen LogP contribution in [-0.2, 0) is 9.53 Å². The van der Waals surface area contributed by atoms with Crippen molar-refractivity contribution in [3.63, 3.8) is 0 Å². The van der Waals surface area contributed by atoms with Gasteiger partial charge in [-0.3, -0.25) is 9.79 Å². The van der Waals surface area contributed by atoms with Crippen molar-refractivity contribution in [2.45, 2.75) is 19.8 Å². The van der Waals surface area contributed by atoms with Gasteiger partial charge in [-0.2, -0.15) is 0 Å². The minimum absolute atomic E-state index is 0.0109. The van der Waals surface area contributed by atoms with E-state index in [2.05, 4.69) is 12.1 Å². The van der Waals surface area contributed by atoms with E-state index in [0.717, 1.165) is 27.6 Å². The number of fused-ring (bicyclic) bond motifs is 4. The Morgan fingerprint density at radius 1 is 0.933 bits per heavy atom. The summed E-state index contributed by atoms with van der Waals surface area (Å²) in [5, 5.41) is 2.19. The number of carbonyl (C=O) groups excluding carboxylic acids is 2. The van der Waals surface area contributed by atoms with E-state index in [9.17, 15) is 9.59 Å². The molecule has 1 aliphatic carbocycles. The second kappa shape index (κ2) is 7.06. The van der Waals surface area contributed by atoms with Gasteiger partial charge in [0.25, 0.3) is 0 Å². The quantitative estimate of drug-likeness (QED) is 0.582. The molecule has 2 aliphatic rings. The van der Waals surface area contributed by atoms with Crippen LogP contribution in [0.3, 0.4) is 0 Å². The van der Waals surface area contributed by atoms with Crippen LogP contribution in [0, 0.1) is 5.92 Å². The van der Waals surface area contributed by atoms with Gasteiger partial charge in [0, 0.05) is 22.7 Å². The van der Waals surface area contributed by atoms with Crippen LogP contribution in [0.4, 0.5) is 0 Å². The topological polar surface area (TPSA) is 55.7 Å². The van der Waals surface area contributed by atoms with E-state index in [1.807, 2.05) is 61.5 Å². The smallest absolute Gasteiger partial charge is 0.336 e. The van der Waals surface area contributed by atoms with Gasteiger partial charge in [-0.15, -0.1) is 0 Å². The molecule has 3 aromatic carbocycles. The number of carbonyl (C=O) groups is 2. The predicted octanol–water partition coefficient (Wildman–Crippen LogP) is 5.08. The van der Waals surface area contributed by atoms with E-state index < -0.39 is 17.8 Å². The normalized spacial score (nSPS) is 20.1. The number of Topliss-reactive ketones (excluding diaryl/α,β-unsaturated/α-hetero) is 1. The summed E-state index contributed by atoms with van der Waals surface area (Å²) >= 11 is 0. The largest absolute Gasteiger partial charge is 0.463 e. The summed E-state index contributed by atoms with van der Waals surface area (Å²) in [5.41, 5.74) is 4.30. The molecule has 0 saturated heterocycles. The molecule has 4 nitrogen and oxygen atoms in total. The molecule has 4 heteroatoms. The molecule has 2 atom stereocenters. The summed E-state index contributed by atoms with van der Waals surface area (Å²) in [6.07, 6.45) is 0. The summed E-state index contributed by atoms with van der Waals surface area (Å²) in [7, 11) is 0. The standard InChI is InChI=1S/C26H21NO3/c1-3-30-26(29)21-15(2)27-24-19-10-6-7-11-20(19)25(28)23(24)22(21)18-13-12-16-8-4-5-9-17(16)14-18/h4-14,22-23H,3H2,1-2H3/t22-,23-/m1/s1. The fraction of sp³-hybridized carbons (Fsp3) is 0.192. The molecular weight excluding hydrogens is 374 g/mol. The molecule has 5 rings (SSSR count). The van der Waals surface area contributed by atoms with Gasteiger partial charge in [0.2, 0.25) is 0 Å². The average Bonchev–Trinajstić information content (AvgIpc) is 3.04. The van der Waals surface area contributed by atoms with Crippen LogP contribution in [-0.4, -0.2) is 24.1 Å². The third-order valence-corrected chi connectivity index (χ3v) is 6.00. The van der Waals surface area contributed by atoms with Gasteiger partial charge < -0.3 is 4.74 Å². The molecule has 0 aromatic heterocycles. The lowest BCUT2D eigenvalue weighted by atomic mass is 9.75. The molecule has 0 unspecified atom stereocenters. The third kappa shape index (κ3) is 2.71. The molecule has 0 radical (unpaired) electrons. The number of nitrogens with zero attached hydrogens (tertiary/aromatic N) is 1. The highest BCUT2D eigenvalue weighted by molar-refractivity contribution is 6.30. The van der Waals surface area contributed by atoms with Crippen LogP contribution in [0.15, 0.2) is 83.0 Å². The average molecular weight is 395 g/mol. The minimum atomic E-state index is -0.522. The molecule has 148 valence electrons. The summed E-state index contributed by atoms with van der Waals surface area (Å²) in [5.74, 6) is -1.34. The van der Waals surface area contributed by atoms with Crippen molar-refractivity contribution < 1.29 is 14.3 Å². The van der Waals surface area contributed by atoms with Crippen molar-refractivity contribution in [3.8, 4) is 0 Å². The molecular formula is C26H21NO3. The molecule has 3 aromatic rings. The molecule has 1 heterocycles. The lowest BCUT2D eigenvalue weighted by Gasteiger charge is -2.30. The zero-order valence-corrected chi connectivity index (χ0v) is 16.9. The molecule has 30 heavy (non-hydrogen) atoms. The van der Waals surface area contributed by atoms with Gasteiger partial charge >= 0.3 is 5.97 Å². The summed E-state index contributed by atoms with van der Waals surface area (Å²) in [6.45, 7) is 3.89. The van der Waals surface area contributed by atoms with Crippen LogP contribution in [0.5, 0.6) is 0 Å². The predicted molar refractivity (Wildman–Crippen MR) is 117 cm³/mol. The van der Waals surface area contributed by atoms with Crippen molar-refractivity contribution in [1.82, 2.24) is 0 Å². The van der Waals surface area contributed by atoms with Crippen molar-refractivity contribution in [2.75, 3.05) is 6.61 Å². The Morgan fingerprint density at radius 2 is 1.63 bits per heavy atom. The number of rotatable bonds is 3. The van der Waals surface area contributed by atoms with Crippen molar-refractivity contribution >= 4 is 28.2 Å². The first-order valence-electron chi connectivity index (χ1n) is 10.2. The SMILES string of the molecule is CCOC(=O)C1=C(C)N=C2c3ccccc3C(=O)[C@@H]2[C@@H]1c1ccc2ccccc2c1.